The molecule has 2 aromatic rings. The molecule has 8 heteroatoms. The third-order valence-corrected chi connectivity index (χ3v) is 6.27. The Bertz CT molecular complexity index is 994. The van der Waals surface area contributed by atoms with Crippen molar-refractivity contribution < 1.29 is 19.4 Å². The van der Waals surface area contributed by atoms with Gasteiger partial charge in [-0.2, -0.15) is 0 Å². The van der Waals surface area contributed by atoms with Crippen LogP contribution >= 0.6 is 39.9 Å². The molecular formula is C22H20BrNO4S2. The average Bonchev–Trinajstić information content (AvgIpc) is 2.98. The first-order valence-electron chi connectivity index (χ1n) is 9.39. The number of carboxylic acids is 1. The lowest BCUT2D eigenvalue weighted by atomic mass is 10.1. The van der Waals surface area contributed by atoms with Crippen molar-refractivity contribution >= 4 is 62.2 Å². The molecule has 2 aromatic carbocycles. The smallest absolute Gasteiger partial charge is 0.331 e. The molecule has 0 spiro atoms. The molecule has 156 valence electrons. The summed E-state index contributed by atoms with van der Waals surface area (Å²) in [5.41, 5.74) is 1.22. The molecule has 1 aliphatic rings. The van der Waals surface area contributed by atoms with Gasteiger partial charge >= 0.3 is 5.97 Å². The zero-order valence-electron chi connectivity index (χ0n) is 16.2. The van der Waals surface area contributed by atoms with Gasteiger partial charge in [0.05, 0.1) is 11.5 Å². The third kappa shape index (κ3) is 5.11. The van der Waals surface area contributed by atoms with Crippen LogP contribution in [0.5, 0.6) is 5.75 Å². The molecule has 1 heterocycles. The number of carbonyl (C=O) groups excluding carboxylic acids is 1. The zero-order chi connectivity index (χ0) is 21.7. The monoisotopic (exact) mass is 505 g/mol. The van der Waals surface area contributed by atoms with Crippen LogP contribution in [0.25, 0.3) is 6.08 Å². The molecule has 0 saturated carbocycles. The van der Waals surface area contributed by atoms with Gasteiger partial charge in [-0.3, -0.25) is 9.69 Å². The summed E-state index contributed by atoms with van der Waals surface area (Å²) in [5, 5.41) is 9.79. The number of carboxylic acid groups (broad SMARTS) is 1. The minimum atomic E-state index is -1.17. The van der Waals surface area contributed by atoms with Gasteiger partial charge in [-0.25, -0.2) is 4.79 Å². The van der Waals surface area contributed by atoms with Crippen molar-refractivity contribution in [3.05, 3.63) is 69.0 Å². The summed E-state index contributed by atoms with van der Waals surface area (Å²) >= 11 is 9.92. The molecule has 1 aliphatic heterocycles. The van der Waals surface area contributed by atoms with Crippen LogP contribution in [0.4, 0.5) is 0 Å². The highest BCUT2D eigenvalue weighted by Crippen LogP contribution is 2.39. The molecule has 5 nitrogen and oxygen atoms in total. The summed E-state index contributed by atoms with van der Waals surface area (Å²) in [7, 11) is 0. The number of ether oxygens (including phenoxy) is 1. The number of unbranched alkanes of at least 4 members (excludes halogenated alkanes) is 1. The van der Waals surface area contributed by atoms with Gasteiger partial charge in [-0.1, -0.05) is 83.6 Å². The van der Waals surface area contributed by atoms with E-state index >= 15 is 0 Å². The summed E-state index contributed by atoms with van der Waals surface area (Å²) in [6.45, 7) is 2.66. The maximum absolute atomic E-state index is 13.1. The normalized spacial score (nSPS) is 16.2. The number of rotatable bonds is 8. The minimum absolute atomic E-state index is 0.214. The van der Waals surface area contributed by atoms with Crippen LogP contribution in [0.15, 0.2) is 57.9 Å². The number of nitrogens with zero attached hydrogens (tertiary/aromatic N) is 1. The summed E-state index contributed by atoms with van der Waals surface area (Å²) in [5.74, 6) is -0.903. The predicted molar refractivity (Wildman–Crippen MR) is 126 cm³/mol. The quantitative estimate of drug-likeness (QED) is 0.283. The number of benzene rings is 2. The lowest BCUT2D eigenvalue weighted by molar-refractivity contribution is -0.145. The number of hydrogen-bond donors (Lipinski definition) is 1. The van der Waals surface area contributed by atoms with E-state index in [-0.39, 0.29) is 4.32 Å². The van der Waals surface area contributed by atoms with E-state index in [0.717, 1.165) is 34.6 Å². The van der Waals surface area contributed by atoms with Crippen LogP contribution in [0.2, 0.25) is 0 Å². The van der Waals surface area contributed by atoms with Crippen molar-refractivity contribution in [2.24, 2.45) is 0 Å². The van der Waals surface area contributed by atoms with Gasteiger partial charge in [0.1, 0.15) is 10.1 Å². The Morgan fingerprint density at radius 1 is 1.30 bits per heavy atom. The summed E-state index contributed by atoms with van der Waals surface area (Å²) in [6, 6.07) is 13.0. The van der Waals surface area contributed by atoms with E-state index in [1.54, 1.807) is 36.4 Å². The second-order valence-electron chi connectivity index (χ2n) is 6.59. The van der Waals surface area contributed by atoms with Gasteiger partial charge in [-0.15, -0.1) is 0 Å². The van der Waals surface area contributed by atoms with Crippen LogP contribution in [0.3, 0.4) is 0 Å². The average molecular weight is 506 g/mol. The first kappa shape index (κ1) is 22.5. The topological polar surface area (TPSA) is 66.8 Å². The minimum Gasteiger partial charge on any atom is -0.493 e. The molecule has 0 aliphatic carbocycles. The van der Waals surface area contributed by atoms with Gasteiger partial charge in [0, 0.05) is 10.0 Å². The molecule has 1 amide bonds. The van der Waals surface area contributed by atoms with E-state index in [1.807, 2.05) is 18.2 Å². The fraction of sp³-hybridized carbons (Fsp3) is 0.227. The number of carbonyl (C=O) groups is 2. The Hall–Kier alpha value is -2.16. The number of hydrogen-bond acceptors (Lipinski definition) is 5. The third-order valence-electron chi connectivity index (χ3n) is 4.44. The van der Waals surface area contributed by atoms with Crippen LogP contribution < -0.4 is 4.74 Å². The van der Waals surface area contributed by atoms with Crippen molar-refractivity contribution in [3.63, 3.8) is 0 Å². The van der Waals surface area contributed by atoms with E-state index in [9.17, 15) is 14.7 Å². The number of aliphatic carboxylic acids is 1. The summed E-state index contributed by atoms with van der Waals surface area (Å²) in [6.07, 6.45) is 3.64. The molecule has 1 saturated heterocycles. The largest absolute Gasteiger partial charge is 0.493 e. The number of thioether (sulfide) groups is 1. The molecule has 0 aromatic heterocycles. The van der Waals surface area contributed by atoms with E-state index < -0.39 is 17.9 Å². The number of amides is 1. The Labute approximate surface area is 193 Å². The van der Waals surface area contributed by atoms with Crippen LogP contribution in [-0.4, -0.2) is 32.8 Å². The number of thiocarbonyl (C=S) groups is 1. The van der Waals surface area contributed by atoms with Crippen molar-refractivity contribution in [2.75, 3.05) is 6.61 Å². The van der Waals surface area contributed by atoms with Crippen LogP contribution in [0, 0.1) is 0 Å². The second kappa shape index (κ2) is 10.2. The van der Waals surface area contributed by atoms with E-state index in [4.69, 9.17) is 17.0 Å². The standard InChI is InChI=1S/C22H20BrNO4S2/c1-2-3-11-28-17-10-9-16(23)12-15(17)13-18-20(25)24(22(29)30-18)19(21(26)27)14-7-5-4-6-8-14/h4-10,12-13,19H,2-3,11H2,1H3,(H,26,27)/b18-13+. The maximum atomic E-state index is 13.1. The van der Waals surface area contributed by atoms with Crippen molar-refractivity contribution in [1.82, 2.24) is 4.90 Å². The van der Waals surface area contributed by atoms with Gasteiger partial charge < -0.3 is 9.84 Å². The fourth-order valence-electron chi connectivity index (χ4n) is 2.97. The molecule has 1 unspecified atom stereocenters. The first-order valence-corrected chi connectivity index (χ1v) is 11.4. The molecule has 1 atom stereocenters. The fourth-order valence-corrected chi connectivity index (χ4v) is 4.65. The highest BCUT2D eigenvalue weighted by atomic mass is 79.9. The molecule has 0 bridgehead atoms. The number of halogens is 1. The van der Waals surface area contributed by atoms with Gasteiger partial charge in [0.15, 0.2) is 6.04 Å². The molecular weight excluding hydrogens is 486 g/mol. The van der Waals surface area contributed by atoms with E-state index in [0.29, 0.717) is 22.8 Å². The van der Waals surface area contributed by atoms with Gasteiger partial charge in [0.2, 0.25) is 0 Å². The van der Waals surface area contributed by atoms with Crippen molar-refractivity contribution in [2.45, 2.75) is 25.8 Å². The van der Waals surface area contributed by atoms with Crippen molar-refractivity contribution in [3.8, 4) is 5.75 Å². The van der Waals surface area contributed by atoms with Gasteiger partial charge in [-0.05, 0) is 36.3 Å². The van der Waals surface area contributed by atoms with E-state index in [1.165, 1.54) is 4.90 Å². The highest BCUT2D eigenvalue weighted by Gasteiger charge is 2.41. The van der Waals surface area contributed by atoms with Crippen molar-refractivity contribution in [1.29, 1.82) is 0 Å². The predicted octanol–water partition coefficient (Wildman–Crippen LogP) is 5.66. The first-order chi connectivity index (χ1) is 14.4. The molecule has 30 heavy (non-hydrogen) atoms. The van der Waals surface area contributed by atoms with Crippen LogP contribution in [-0.2, 0) is 9.59 Å². The lowest BCUT2D eigenvalue weighted by Crippen LogP contribution is -2.37. The highest BCUT2D eigenvalue weighted by molar-refractivity contribution is 9.10. The molecule has 1 N–H and O–H groups in total. The summed E-state index contributed by atoms with van der Waals surface area (Å²) in [4.78, 5) is 26.6. The van der Waals surface area contributed by atoms with Gasteiger partial charge in [0.25, 0.3) is 5.91 Å². The lowest BCUT2D eigenvalue weighted by Gasteiger charge is -2.23. The zero-order valence-corrected chi connectivity index (χ0v) is 19.4. The Morgan fingerprint density at radius 3 is 2.70 bits per heavy atom. The van der Waals surface area contributed by atoms with Crippen LogP contribution in [0.1, 0.15) is 36.9 Å². The SMILES string of the molecule is CCCCOc1ccc(Br)cc1/C=C1/SC(=S)N(C(C(=O)O)c2ccccc2)C1=O. The Balaban J connectivity index is 1.93. The Kier molecular flexibility index (Phi) is 7.69. The summed E-state index contributed by atoms with van der Waals surface area (Å²) < 4.78 is 6.92. The second-order valence-corrected chi connectivity index (χ2v) is 9.18. The van der Waals surface area contributed by atoms with E-state index in [2.05, 4.69) is 22.9 Å². The molecule has 0 radical (unpaired) electrons. The Morgan fingerprint density at radius 2 is 2.03 bits per heavy atom. The molecule has 3 rings (SSSR count). The maximum Gasteiger partial charge on any atom is 0.331 e. The molecule has 1 fully saturated rings.